The van der Waals surface area contributed by atoms with Crippen molar-refractivity contribution in [3.05, 3.63) is 35.8 Å². The van der Waals surface area contributed by atoms with E-state index < -0.39 is 11.9 Å². The number of fused-ring (bicyclic) bond motifs is 1. The van der Waals surface area contributed by atoms with Gasteiger partial charge in [0.1, 0.15) is 0 Å². The van der Waals surface area contributed by atoms with Crippen LogP contribution in [0.5, 0.6) is 0 Å². The summed E-state index contributed by atoms with van der Waals surface area (Å²) in [7, 11) is 2.54. The van der Waals surface area contributed by atoms with Crippen molar-refractivity contribution in [3.8, 4) is 0 Å². The Bertz CT molecular complexity index is 625. The predicted octanol–water partition coefficient (Wildman–Crippen LogP) is 1.20. The lowest BCUT2D eigenvalue weighted by atomic mass is 10.1. The third-order valence-electron chi connectivity index (χ3n) is 2.41. The molecule has 0 aromatic carbocycles. The zero-order valence-corrected chi connectivity index (χ0v) is 9.84. The van der Waals surface area contributed by atoms with Gasteiger partial charge >= 0.3 is 11.9 Å². The van der Waals surface area contributed by atoms with Crippen LogP contribution in [0, 0.1) is 0 Å². The molecule has 0 radical (unpaired) electrons. The van der Waals surface area contributed by atoms with E-state index in [9.17, 15) is 9.59 Å². The summed E-state index contributed by atoms with van der Waals surface area (Å²) >= 11 is 0. The number of aromatic nitrogens is 2. The minimum absolute atomic E-state index is 0.119. The van der Waals surface area contributed by atoms with E-state index >= 15 is 0 Å². The van der Waals surface area contributed by atoms with E-state index in [4.69, 9.17) is 0 Å². The average Bonchev–Trinajstić information content (AvgIpc) is 2.44. The van der Waals surface area contributed by atoms with Gasteiger partial charge in [0.15, 0.2) is 5.69 Å². The van der Waals surface area contributed by atoms with Crippen LogP contribution in [0.3, 0.4) is 0 Å². The zero-order valence-electron chi connectivity index (χ0n) is 9.84. The third kappa shape index (κ3) is 2.00. The minimum atomic E-state index is -0.579. The van der Waals surface area contributed by atoms with E-state index in [-0.39, 0.29) is 11.3 Å². The Hall–Kier alpha value is -2.50. The second-order valence-electron chi connectivity index (χ2n) is 3.43. The molecule has 0 aliphatic heterocycles. The normalized spacial score (nSPS) is 10.1. The van der Waals surface area contributed by atoms with Crippen molar-refractivity contribution in [1.29, 1.82) is 0 Å². The van der Waals surface area contributed by atoms with Gasteiger partial charge in [-0.25, -0.2) is 14.6 Å². The monoisotopic (exact) mass is 246 g/mol. The molecule has 0 bridgehead atoms. The molecule has 0 saturated heterocycles. The second kappa shape index (κ2) is 4.79. The summed E-state index contributed by atoms with van der Waals surface area (Å²) in [6.07, 6.45) is 2.84. The highest BCUT2D eigenvalue weighted by atomic mass is 16.5. The molecule has 2 heterocycles. The van der Waals surface area contributed by atoms with Crippen LogP contribution in [-0.4, -0.2) is 36.1 Å². The van der Waals surface area contributed by atoms with Gasteiger partial charge in [0.25, 0.3) is 0 Å². The van der Waals surface area contributed by atoms with E-state index in [0.717, 1.165) is 0 Å². The largest absolute Gasteiger partial charge is 0.465 e. The number of nitrogens with zero attached hydrogens (tertiary/aromatic N) is 2. The van der Waals surface area contributed by atoms with Crippen LogP contribution < -0.4 is 0 Å². The van der Waals surface area contributed by atoms with Crippen molar-refractivity contribution in [2.24, 2.45) is 0 Å². The van der Waals surface area contributed by atoms with E-state index in [2.05, 4.69) is 19.4 Å². The maximum atomic E-state index is 11.5. The van der Waals surface area contributed by atoms with Gasteiger partial charge in [-0.05, 0) is 12.1 Å². The number of carbonyl (C=O) groups excluding carboxylic acids is 2. The summed E-state index contributed by atoms with van der Waals surface area (Å²) in [5.74, 6) is -1.10. The highest BCUT2D eigenvalue weighted by molar-refractivity contribution is 6.03. The van der Waals surface area contributed by atoms with Crippen LogP contribution in [0.1, 0.15) is 20.8 Å². The Balaban J connectivity index is 2.65. The smallest absolute Gasteiger partial charge is 0.357 e. The number of ether oxygens (including phenoxy) is 2. The topological polar surface area (TPSA) is 78.4 Å². The molecule has 0 spiro atoms. The summed E-state index contributed by atoms with van der Waals surface area (Å²) in [6.45, 7) is 0. The summed E-state index contributed by atoms with van der Waals surface area (Å²) < 4.78 is 9.22. The van der Waals surface area contributed by atoms with Crippen LogP contribution in [0.2, 0.25) is 0 Å². The van der Waals surface area contributed by atoms with E-state index in [1.54, 1.807) is 6.07 Å². The van der Waals surface area contributed by atoms with Crippen molar-refractivity contribution in [2.75, 3.05) is 14.2 Å². The Morgan fingerprint density at radius 2 is 1.83 bits per heavy atom. The van der Waals surface area contributed by atoms with Gasteiger partial charge in [-0.15, -0.1) is 0 Å². The van der Waals surface area contributed by atoms with Gasteiger partial charge in [-0.1, -0.05) is 0 Å². The second-order valence-corrected chi connectivity index (χ2v) is 3.43. The molecule has 0 amide bonds. The molecule has 0 unspecified atom stereocenters. The van der Waals surface area contributed by atoms with Crippen LogP contribution in [0.4, 0.5) is 0 Å². The fourth-order valence-corrected chi connectivity index (χ4v) is 1.54. The molecule has 0 atom stereocenters. The van der Waals surface area contributed by atoms with Crippen molar-refractivity contribution in [1.82, 2.24) is 9.97 Å². The average molecular weight is 246 g/mol. The Morgan fingerprint density at radius 3 is 2.50 bits per heavy atom. The lowest BCUT2D eigenvalue weighted by molar-refractivity contribution is 0.0587. The molecule has 0 aliphatic rings. The summed E-state index contributed by atoms with van der Waals surface area (Å²) in [5, 5.41) is 0.451. The van der Waals surface area contributed by atoms with Crippen LogP contribution in [0.25, 0.3) is 10.9 Å². The number of esters is 2. The molecule has 6 heteroatoms. The molecular formula is C12H10N2O4. The SMILES string of the molecule is COC(=O)c1cnc2ccnc(C(=O)OC)c2c1. The van der Waals surface area contributed by atoms with E-state index in [1.807, 2.05) is 0 Å². The van der Waals surface area contributed by atoms with Crippen molar-refractivity contribution in [2.45, 2.75) is 0 Å². The molecule has 6 nitrogen and oxygen atoms in total. The first-order valence-electron chi connectivity index (χ1n) is 5.08. The number of methoxy groups -OCH3 is 2. The zero-order chi connectivity index (χ0) is 13.1. The molecule has 18 heavy (non-hydrogen) atoms. The third-order valence-corrected chi connectivity index (χ3v) is 2.41. The molecule has 0 fully saturated rings. The molecule has 2 aromatic heterocycles. The van der Waals surface area contributed by atoms with Crippen LogP contribution >= 0.6 is 0 Å². The number of hydrogen-bond donors (Lipinski definition) is 0. The van der Waals surface area contributed by atoms with Gasteiger partial charge in [-0.3, -0.25) is 4.98 Å². The van der Waals surface area contributed by atoms with Gasteiger partial charge in [0.2, 0.25) is 0 Å². The predicted molar refractivity (Wildman–Crippen MR) is 62.2 cm³/mol. The van der Waals surface area contributed by atoms with Crippen molar-refractivity contribution >= 4 is 22.8 Å². The minimum Gasteiger partial charge on any atom is -0.465 e. The number of rotatable bonds is 2. The standard InChI is InChI=1S/C12H10N2O4/c1-17-11(15)7-5-8-9(14-6-7)3-4-13-10(8)12(16)18-2/h3-6H,1-2H3. The molecule has 0 aliphatic carbocycles. The lowest BCUT2D eigenvalue weighted by Gasteiger charge is -2.04. The summed E-state index contributed by atoms with van der Waals surface area (Å²) in [6, 6.07) is 3.15. The molecule has 92 valence electrons. The van der Waals surface area contributed by atoms with Crippen LogP contribution in [0.15, 0.2) is 24.5 Å². The lowest BCUT2D eigenvalue weighted by Crippen LogP contribution is -2.07. The molecule has 2 aromatic rings. The van der Waals surface area contributed by atoms with E-state index in [1.165, 1.54) is 32.7 Å². The quantitative estimate of drug-likeness (QED) is 0.741. The first kappa shape index (κ1) is 12.0. The van der Waals surface area contributed by atoms with Crippen LogP contribution in [-0.2, 0) is 9.47 Å². The summed E-state index contributed by atoms with van der Waals surface area (Å²) in [5.41, 5.74) is 0.925. The van der Waals surface area contributed by atoms with Crippen molar-refractivity contribution < 1.29 is 19.1 Å². The number of hydrogen-bond acceptors (Lipinski definition) is 6. The number of pyridine rings is 2. The first-order valence-corrected chi connectivity index (χ1v) is 5.08. The van der Waals surface area contributed by atoms with E-state index in [0.29, 0.717) is 10.9 Å². The molecule has 0 saturated carbocycles. The maximum absolute atomic E-state index is 11.5. The van der Waals surface area contributed by atoms with Gasteiger partial charge in [0.05, 0.1) is 25.3 Å². The number of carbonyl (C=O) groups is 2. The Kier molecular flexibility index (Phi) is 3.18. The van der Waals surface area contributed by atoms with Crippen molar-refractivity contribution in [3.63, 3.8) is 0 Å². The molecule has 2 rings (SSSR count). The van der Waals surface area contributed by atoms with Gasteiger partial charge < -0.3 is 9.47 Å². The fourth-order valence-electron chi connectivity index (χ4n) is 1.54. The fraction of sp³-hybridized carbons (Fsp3) is 0.167. The molecular weight excluding hydrogens is 236 g/mol. The highest BCUT2D eigenvalue weighted by Gasteiger charge is 2.15. The maximum Gasteiger partial charge on any atom is 0.357 e. The highest BCUT2D eigenvalue weighted by Crippen LogP contribution is 2.17. The Labute approximate surface area is 103 Å². The van der Waals surface area contributed by atoms with Gasteiger partial charge in [-0.2, -0.15) is 0 Å². The van der Waals surface area contributed by atoms with Gasteiger partial charge in [0, 0.05) is 17.8 Å². The summed E-state index contributed by atoms with van der Waals surface area (Å²) in [4.78, 5) is 31.0. The molecule has 0 N–H and O–H groups in total. The Morgan fingerprint density at radius 1 is 1.11 bits per heavy atom. The first-order chi connectivity index (χ1) is 8.67.